The van der Waals surface area contributed by atoms with Gasteiger partial charge >= 0.3 is 0 Å². The third-order valence-corrected chi connectivity index (χ3v) is 4.33. The number of allylic oxidation sites excluding steroid dienone is 4. The van der Waals surface area contributed by atoms with E-state index in [1.165, 1.54) is 11.1 Å². The van der Waals surface area contributed by atoms with E-state index in [2.05, 4.69) is 32.9 Å². The van der Waals surface area contributed by atoms with E-state index >= 15 is 0 Å². The second kappa shape index (κ2) is 8.00. The Morgan fingerprint density at radius 2 is 1.88 bits per heavy atom. The number of methoxy groups -OCH3 is 1. The van der Waals surface area contributed by atoms with E-state index in [-0.39, 0.29) is 0 Å². The molecule has 2 rings (SSSR count). The quantitative estimate of drug-likeness (QED) is 0.424. The molecule has 0 fully saturated rings. The van der Waals surface area contributed by atoms with Crippen LogP contribution in [0.15, 0.2) is 47.6 Å². The van der Waals surface area contributed by atoms with Gasteiger partial charge in [-0.25, -0.2) is 0 Å². The molecule has 0 aliphatic carbocycles. The number of nitrogens with zero attached hydrogens (tertiary/aromatic N) is 1. The lowest BCUT2D eigenvalue weighted by atomic mass is 10.0. The van der Waals surface area contributed by atoms with Crippen LogP contribution >= 0.6 is 0 Å². The summed E-state index contributed by atoms with van der Waals surface area (Å²) in [5, 5.41) is 13.4. The van der Waals surface area contributed by atoms with Crippen LogP contribution in [0.5, 0.6) is 5.75 Å². The van der Waals surface area contributed by atoms with Gasteiger partial charge in [0, 0.05) is 19.4 Å². The van der Waals surface area contributed by atoms with E-state index in [0.717, 1.165) is 34.3 Å². The van der Waals surface area contributed by atoms with Gasteiger partial charge in [-0.15, -0.1) is 0 Å². The van der Waals surface area contributed by atoms with Crippen molar-refractivity contribution in [2.75, 3.05) is 7.11 Å². The van der Waals surface area contributed by atoms with Crippen molar-refractivity contribution < 1.29 is 9.47 Å². The van der Waals surface area contributed by atoms with Gasteiger partial charge < -0.3 is 9.94 Å². The van der Waals surface area contributed by atoms with Gasteiger partial charge in [-0.2, -0.15) is 4.73 Å². The first-order valence-electron chi connectivity index (χ1n) is 8.42. The summed E-state index contributed by atoms with van der Waals surface area (Å²) in [5.74, 6) is 0.809. The van der Waals surface area contributed by atoms with Crippen molar-refractivity contribution in [2.45, 2.75) is 47.0 Å². The molecule has 24 heavy (non-hydrogen) atoms. The predicted octanol–water partition coefficient (Wildman–Crippen LogP) is 5.03. The van der Waals surface area contributed by atoms with Crippen LogP contribution in [-0.4, -0.2) is 7.11 Å². The van der Waals surface area contributed by atoms with Gasteiger partial charge in [-0.05, 0) is 39.7 Å². The molecule has 0 aliphatic heterocycles. The third-order valence-electron chi connectivity index (χ3n) is 4.33. The monoisotopic (exact) mass is 325 g/mol. The molecule has 1 heterocycles. The minimum atomic E-state index is 0.653. The number of ether oxygens (including phenoxy) is 1. The first-order chi connectivity index (χ1) is 11.5. The Morgan fingerprint density at radius 1 is 1.17 bits per heavy atom. The van der Waals surface area contributed by atoms with Gasteiger partial charge in [-0.1, -0.05) is 35.4 Å². The minimum Gasteiger partial charge on any atom is -0.618 e. The fourth-order valence-electron chi connectivity index (χ4n) is 2.91. The minimum absolute atomic E-state index is 0.653. The number of para-hydroxylation sites is 1. The first-order valence-corrected chi connectivity index (χ1v) is 8.42. The molecule has 128 valence electrons. The van der Waals surface area contributed by atoms with Gasteiger partial charge in [0.05, 0.1) is 18.1 Å². The third kappa shape index (κ3) is 3.97. The van der Waals surface area contributed by atoms with Gasteiger partial charge in [0.1, 0.15) is 5.75 Å². The Balaban J connectivity index is 2.35. The molecule has 1 aromatic heterocycles. The SMILES string of the molecule is COc1c(CC=C(C)CCC=C(C)C)c(C)[n+]([O-])c2ccccc12. The number of hydrogen-bond donors (Lipinski definition) is 0. The summed E-state index contributed by atoms with van der Waals surface area (Å²) in [7, 11) is 1.67. The average Bonchev–Trinajstić information content (AvgIpc) is 2.56. The fraction of sp³-hybridized carbons (Fsp3) is 0.381. The lowest BCUT2D eigenvalue weighted by Crippen LogP contribution is -2.32. The van der Waals surface area contributed by atoms with Crippen molar-refractivity contribution in [2.24, 2.45) is 0 Å². The Labute approximate surface area is 144 Å². The van der Waals surface area contributed by atoms with Crippen LogP contribution in [-0.2, 0) is 6.42 Å². The van der Waals surface area contributed by atoms with Crippen molar-refractivity contribution >= 4 is 10.9 Å². The Morgan fingerprint density at radius 3 is 2.54 bits per heavy atom. The summed E-state index contributed by atoms with van der Waals surface area (Å²) in [6.45, 7) is 8.25. The Hall–Kier alpha value is -2.29. The fourth-order valence-corrected chi connectivity index (χ4v) is 2.91. The molecule has 0 unspecified atom stereocenters. The molecule has 0 radical (unpaired) electrons. The molecule has 3 heteroatoms. The van der Waals surface area contributed by atoms with Gasteiger partial charge in [0.2, 0.25) is 5.52 Å². The lowest BCUT2D eigenvalue weighted by Gasteiger charge is -2.14. The van der Waals surface area contributed by atoms with Crippen LogP contribution in [0, 0.1) is 12.1 Å². The summed E-state index contributed by atoms with van der Waals surface area (Å²) < 4.78 is 6.66. The molecule has 0 saturated heterocycles. The van der Waals surface area contributed by atoms with E-state index < -0.39 is 0 Å². The molecule has 0 spiro atoms. The maximum atomic E-state index is 12.5. The molecule has 3 nitrogen and oxygen atoms in total. The molecule has 0 amide bonds. The zero-order chi connectivity index (χ0) is 17.7. The van der Waals surface area contributed by atoms with Crippen LogP contribution in [0.4, 0.5) is 0 Å². The Bertz CT molecular complexity index is 784. The standard InChI is InChI=1S/C21H27NO2/c1-15(2)9-8-10-16(3)13-14-18-17(4)22(23)20-12-7-6-11-19(20)21(18)24-5/h6-7,9,11-13H,8,10,14H2,1-5H3. The highest BCUT2D eigenvalue weighted by Crippen LogP contribution is 2.30. The van der Waals surface area contributed by atoms with Crippen LogP contribution in [0.1, 0.15) is 44.9 Å². The highest BCUT2D eigenvalue weighted by molar-refractivity contribution is 5.84. The number of aromatic nitrogens is 1. The van der Waals surface area contributed by atoms with Gasteiger partial charge in [0.25, 0.3) is 0 Å². The topological polar surface area (TPSA) is 36.2 Å². The second-order valence-electron chi connectivity index (χ2n) is 6.48. The number of pyridine rings is 1. The highest BCUT2D eigenvalue weighted by Gasteiger charge is 2.19. The van der Waals surface area contributed by atoms with Crippen LogP contribution in [0.2, 0.25) is 0 Å². The predicted molar refractivity (Wildman–Crippen MR) is 100 cm³/mol. The lowest BCUT2D eigenvalue weighted by molar-refractivity contribution is -0.584. The number of rotatable bonds is 6. The molecule has 0 bridgehead atoms. The van der Waals surface area contributed by atoms with Crippen molar-refractivity contribution in [3.05, 3.63) is 64.0 Å². The molecule has 1 aromatic carbocycles. The summed E-state index contributed by atoms with van der Waals surface area (Å²) in [6, 6.07) is 7.59. The number of fused-ring (bicyclic) bond motifs is 1. The highest BCUT2D eigenvalue weighted by atomic mass is 16.5. The summed E-state index contributed by atoms with van der Waals surface area (Å²) in [5.41, 5.74) is 5.01. The number of benzene rings is 1. The zero-order valence-electron chi connectivity index (χ0n) is 15.3. The summed E-state index contributed by atoms with van der Waals surface area (Å²) in [4.78, 5) is 0. The molecule has 0 saturated carbocycles. The summed E-state index contributed by atoms with van der Waals surface area (Å²) in [6.07, 6.45) is 7.27. The molecule has 2 aromatic rings. The van der Waals surface area contributed by atoms with E-state index in [9.17, 15) is 5.21 Å². The van der Waals surface area contributed by atoms with Gasteiger partial charge in [0.15, 0.2) is 5.69 Å². The van der Waals surface area contributed by atoms with Gasteiger partial charge in [-0.3, -0.25) is 0 Å². The van der Waals surface area contributed by atoms with E-state index in [1.807, 2.05) is 31.2 Å². The number of hydrogen-bond acceptors (Lipinski definition) is 2. The Kier molecular flexibility index (Phi) is 6.02. The largest absolute Gasteiger partial charge is 0.618 e. The maximum absolute atomic E-state index is 12.5. The van der Waals surface area contributed by atoms with Crippen molar-refractivity contribution in [1.82, 2.24) is 0 Å². The van der Waals surface area contributed by atoms with E-state index in [4.69, 9.17) is 4.74 Å². The zero-order valence-corrected chi connectivity index (χ0v) is 15.3. The van der Waals surface area contributed by atoms with Crippen LogP contribution in [0.25, 0.3) is 10.9 Å². The van der Waals surface area contributed by atoms with Crippen LogP contribution in [0.3, 0.4) is 0 Å². The van der Waals surface area contributed by atoms with Crippen LogP contribution < -0.4 is 9.47 Å². The molecular formula is C21H27NO2. The van der Waals surface area contributed by atoms with Crippen molar-refractivity contribution in [1.29, 1.82) is 0 Å². The normalized spacial score (nSPS) is 11.6. The first kappa shape index (κ1) is 18.1. The molecular weight excluding hydrogens is 298 g/mol. The van der Waals surface area contributed by atoms with E-state index in [0.29, 0.717) is 17.6 Å². The molecule has 0 atom stereocenters. The van der Waals surface area contributed by atoms with Crippen molar-refractivity contribution in [3.8, 4) is 5.75 Å². The van der Waals surface area contributed by atoms with E-state index in [1.54, 1.807) is 7.11 Å². The average molecular weight is 325 g/mol. The summed E-state index contributed by atoms with van der Waals surface area (Å²) >= 11 is 0. The van der Waals surface area contributed by atoms with Crippen molar-refractivity contribution in [3.63, 3.8) is 0 Å². The smallest absolute Gasteiger partial charge is 0.227 e. The molecule has 0 aliphatic rings. The molecule has 0 N–H and O–H groups in total. The second-order valence-corrected chi connectivity index (χ2v) is 6.48. The maximum Gasteiger partial charge on any atom is 0.227 e.